The molecule has 150 valence electrons. The van der Waals surface area contributed by atoms with Crippen molar-refractivity contribution in [1.29, 1.82) is 0 Å². The monoisotopic (exact) mass is 402 g/mol. The number of ether oxygens (including phenoxy) is 1. The molecule has 1 aliphatic rings. The normalized spacial score (nSPS) is 15.4. The number of carbonyl (C=O) groups excluding carboxylic acids is 1. The van der Waals surface area contributed by atoms with E-state index in [4.69, 9.17) is 4.74 Å². The predicted molar refractivity (Wildman–Crippen MR) is 108 cm³/mol. The summed E-state index contributed by atoms with van der Waals surface area (Å²) in [7, 11) is -2.02. The summed E-state index contributed by atoms with van der Waals surface area (Å²) in [5.74, 6) is 0.383. The molecule has 28 heavy (non-hydrogen) atoms. The summed E-state index contributed by atoms with van der Waals surface area (Å²) < 4.78 is 32.5. The molecule has 0 aromatic heterocycles. The van der Waals surface area contributed by atoms with Crippen molar-refractivity contribution in [3.8, 4) is 5.75 Å². The molecule has 2 aromatic rings. The van der Waals surface area contributed by atoms with E-state index in [1.165, 1.54) is 11.4 Å². The number of amides is 1. The van der Waals surface area contributed by atoms with Gasteiger partial charge >= 0.3 is 0 Å². The Kier molecular flexibility index (Phi) is 6.36. The number of methoxy groups -OCH3 is 1. The van der Waals surface area contributed by atoms with E-state index in [9.17, 15) is 13.2 Å². The van der Waals surface area contributed by atoms with E-state index >= 15 is 0 Å². The van der Waals surface area contributed by atoms with Crippen molar-refractivity contribution in [2.45, 2.75) is 24.7 Å². The molecule has 0 spiro atoms. The van der Waals surface area contributed by atoms with Gasteiger partial charge < -0.3 is 9.64 Å². The summed E-state index contributed by atoms with van der Waals surface area (Å²) >= 11 is 0. The summed E-state index contributed by atoms with van der Waals surface area (Å²) in [4.78, 5) is 14.8. The summed E-state index contributed by atoms with van der Waals surface area (Å²) in [5, 5.41) is 0. The van der Waals surface area contributed by atoms with Crippen LogP contribution in [0.2, 0.25) is 0 Å². The summed E-state index contributed by atoms with van der Waals surface area (Å²) in [5.41, 5.74) is 1.63. The molecule has 1 saturated heterocycles. The molecule has 0 unspecified atom stereocenters. The Morgan fingerprint density at radius 1 is 1.00 bits per heavy atom. The van der Waals surface area contributed by atoms with Crippen LogP contribution >= 0.6 is 0 Å². The number of para-hydroxylation sites is 1. The van der Waals surface area contributed by atoms with Gasteiger partial charge in [-0.05, 0) is 36.2 Å². The largest absolute Gasteiger partial charge is 0.496 e. The molecule has 0 radical (unpaired) electrons. The van der Waals surface area contributed by atoms with Crippen LogP contribution in [0.4, 0.5) is 0 Å². The van der Waals surface area contributed by atoms with E-state index in [2.05, 4.69) is 6.92 Å². The second-order valence-electron chi connectivity index (χ2n) is 6.79. The van der Waals surface area contributed by atoms with Crippen LogP contribution < -0.4 is 4.74 Å². The summed E-state index contributed by atoms with van der Waals surface area (Å²) in [6, 6.07) is 14.2. The van der Waals surface area contributed by atoms with Gasteiger partial charge in [-0.1, -0.05) is 37.6 Å². The second-order valence-corrected chi connectivity index (χ2v) is 8.73. The van der Waals surface area contributed by atoms with Crippen molar-refractivity contribution < 1.29 is 17.9 Å². The molecule has 0 saturated carbocycles. The van der Waals surface area contributed by atoms with Gasteiger partial charge in [-0.25, -0.2) is 8.42 Å². The first kappa shape index (κ1) is 20.4. The van der Waals surface area contributed by atoms with E-state index in [0.717, 1.165) is 18.4 Å². The van der Waals surface area contributed by atoms with Crippen LogP contribution in [0.3, 0.4) is 0 Å². The third kappa shape index (κ3) is 4.20. The fraction of sp³-hybridized carbons (Fsp3) is 0.381. The number of aryl methyl sites for hydroxylation is 1. The molecule has 6 nitrogen and oxygen atoms in total. The zero-order valence-corrected chi connectivity index (χ0v) is 17.1. The zero-order chi connectivity index (χ0) is 20.1. The number of piperazine rings is 1. The Morgan fingerprint density at radius 2 is 1.64 bits per heavy atom. The maximum Gasteiger partial charge on any atom is 0.257 e. The van der Waals surface area contributed by atoms with Gasteiger partial charge in [0.15, 0.2) is 0 Å². The Morgan fingerprint density at radius 3 is 2.25 bits per heavy atom. The molecule has 0 N–H and O–H groups in total. The highest BCUT2D eigenvalue weighted by molar-refractivity contribution is 7.89. The fourth-order valence-corrected chi connectivity index (χ4v) is 4.81. The lowest BCUT2D eigenvalue weighted by Crippen LogP contribution is -2.50. The van der Waals surface area contributed by atoms with Crippen molar-refractivity contribution in [1.82, 2.24) is 9.21 Å². The quantitative estimate of drug-likeness (QED) is 0.745. The maximum atomic E-state index is 12.9. The van der Waals surface area contributed by atoms with Gasteiger partial charge in [-0.3, -0.25) is 4.79 Å². The highest BCUT2D eigenvalue weighted by Gasteiger charge is 2.31. The van der Waals surface area contributed by atoms with Crippen molar-refractivity contribution >= 4 is 15.9 Å². The lowest BCUT2D eigenvalue weighted by Gasteiger charge is -2.34. The Balaban J connectivity index is 1.68. The number of hydrogen-bond donors (Lipinski definition) is 0. The van der Waals surface area contributed by atoms with Crippen LogP contribution in [0.25, 0.3) is 0 Å². The topological polar surface area (TPSA) is 66.9 Å². The first-order chi connectivity index (χ1) is 13.5. The smallest absolute Gasteiger partial charge is 0.257 e. The van der Waals surface area contributed by atoms with Crippen molar-refractivity contribution in [2.24, 2.45) is 0 Å². The van der Waals surface area contributed by atoms with Gasteiger partial charge in [0.05, 0.1) is 17.6 Å². The molecule has 1 heterocycles. The second kappa shape index (κ2) is 8.75. The molecule has 0 atom stereocenters. The van der Waals surface area contributed by atoms with Crippen molar-refractivity contribution in [2.75, 3.05) is 33.3 Å². The molecule has 0 bridgehead atoms. The highest BCUT2D eigenvalue weighted by Crippen LogP contribution is 2.22. The lowest BCUT2D eigenvalue weighted by molar-refractivity contribution is 0.0694. The Labute approximate surface area is 166 Å². The van der Waals surface area contributed by atoms with Crippen LogP contribution in [-0.4, -0.2) is 56.8 Å². The molecular formula is C21H26N2O4S. The molecule has 1 aliphatic heterocycles. The van der Waals surface area contributed by atoms with Crippen LogP contribution in [0, 0.1) is 0 Å². The molecule has 1 amide bonds. The molecule has 2 aromatic carbocycles. The van der Waals surface area contributed by atoms with Gasteiger partial charge in [0.1, 0.15) is 5.75 Å². The predicted octanol–water partition coefficient (Wildman–Crippen LogP) is 2.79. The minimum atomic E-state index is -3.55. The van der Waals surface area contributed by atoms with E-state index in [-0.39, 0.29) is 19.0 Å². The third-order valence-corrected chi connectivity index (χ3v) is 6.88. The van der Waals surface area contributed by atoms with Gasteiger partial charge in [0, 0.05) is 26.2 Å². The van der Waals surface area contributed by atoms with Crippen LogP contribution in [-0.2, 0) is 16.4 Å². The van der Waals surface area contributed by atoms with Gasteiger partial charge in [-0.2, -0.15) is 4.31 Å². The average molecular weight is 403 g/mol. The Bertz CT molecular complexity index is 918. The van der Waals surface area contributed by atoms with Crippen molar-refractivity contribution in [3.63, 3.8) is 0 Å². The first-order valence-corrected chi connectivity index (χ1v) is 10.9. The minimum Gasteiger partial charge on any atom is -0.496 e. The van der Waals surface area contributed by atoms with Gasteiger partial charge in [0.25, 0.3) is 5.91 Å². The highest BCUT2D eigenvalue weighted by atomic mass is 32.2. The summed E-state index contributed by atoms with van der Waals surface area (Å²) in [6.45, 7) is 3.35. The van der Waals surface area contributed by atoms with E-state index in [1.807, 2.05) is 18.2 Å². The number of hydrogen-bond acceptors (Lipinski definition) is 4. The average Bonchev–Trinajstić information content (AvgIpc) is 2.74. The maximum absolute atomic E-state index is 12.9. The Hall–Kier alpha value is -2.38. The lowest BCUT2D eigenvalue weighted by atomic mass is 10.1. The van der Waals surface area contributed by atoms with E-state index < -0.39 is 10.0 Å². The number of benzene rings is 2. The first-order valence-electron chi connectivity index (χ1n) is 9.48. The van der Waals surface area contributed by atoms with Crippen LogP contribution in [0.1, 0.15) is 29.3 Å². The van der Waals surface area contributed by atoms with Crippen LogP contribution in [0.15, 0.2) is 53.4 Å². The SMILES string of the molecule is CCCc1ccc(S(=O)(=O)N2CCN(C(=O)c3ccccc3OC)CC2)cc1. The standard InChI is InChI=1S/C21H26N2O4S/c1-3-6-17-9-11-18(12-10-17)28(25,26)23-15-13-22(14-16-23)21(24)19-7-4-5-8-20(19)27-2/h4-5,7-12H,3,6,13-16H2,1-2H3. The molecule has 0 aliphatic carbocycles. The number of nitrogens with zero attached hydrogens (tertiary/aromatic N) is 2. The fourth-order valence-electron chi connectivity index (χ4n) is 3.39. The summed E-state index contributed by atoms with van der Waals surface area (Å²) in [6.07, 6.45) is 1.96. The van der Waals surface area contributed by atoms with E-state index in [1.54, 1.807) is 35.2 Å². The zero-order valence-electron chi connectivity index (χ0n) is 16.3. The van der Waals surface area contributed by atoms with Gasteiger partial charge in [0.2, 0.25) is 10.0 Å². The molecule has 7 heteroatoms. The molecule has 3 rings (SSSR count). The van der Waals surface area contributed by atoms with E-state index in [0.29, 0.717) is 29.3 Å². The minimum absolute atomic E-state index is 0.140. The van der Waals surface area contributed by atoms with Crippen LogP contribution in [0.5, 0.6) is 5.75 Å². The third-order valence-electron chi connectivity index (χ3n) is 4.96. The van der Waals surface area contributed by atoms with Crippen molar-refractivity contribution in [3.05, 3.63) is 59.7 Å². The number of carbonyl (C=O) groups is 1. The van der Waals surface area contributed by atoms with Gasteiger partial charge in [-0.15, -0.1) is 0 Å². The molecular weight excluding hydrogens is 376 g/mol. The number of sulfonamides is 1. The number of rotatable bonds is 6. The molecule has 1 fully saturated rings.